The molecular weight excluding hydrogens is 218 g/mol. The molecule has 1 aromatic carbocycles. The number of ketones is 1. The molecular formula is C13H15NO3. The molecule has 1 aromatic rings. The molecule has 1 unspecified atom stereocenters. The first kappa shape index (κ1) is 13.0. The van der Waals surface area contributed by atoms with Gasteiger partial charge < -0.3 is 10.4 Å². The summed E-state index contributed by atoms with van der Waals surface area (Å²) in [6.07, 6.45) is 0.542. The molecule has 0 saturated heterocycles. The molecule has 17 heavy (non-hydrogen) atoms. The Morgan fingerprint density at radius 3 is 2.41 bits per heavy atom. The van der Waals surface area contributed by atoms with E-state index in [1.807, 2.05) is 30.3 Å². The zero-order valence-electron chi connectivity index (χ0n) is 9.81. The average molecular weight is 233 g/mol. The second-order valence-electron chi connectivity index (χ2n) is 3.77. The Morgan fingerprint density at radius 1 is 1.29 bits per heavy atom. The van der Waals surface area contributed by atoms with Crippen molar-refractivity contribution in [3.05, 3.63) is 41.5 Å². The van der Waals surface area contributed by atoms with Crippen LogP contribution in [0.2, 0.25) is 0 Å². The molecule has 0 aliphatic heterocycles. The van der Waals surface area contributed by atoms with Crippen LogP contribution >= 0.6 is 0 Å². The van der Waals surface area contributed by atoms with Crippen LogP contribution in [0, 0.1) is 0 Å². The number of hydrogen-bond donors (Lipinski definition) is 2. The van der Waals surface area contributed by atoms with E-state index in [4.69, 9.17) is 5.11 Å². The number of nitrogens with one attached hydrogen (secondary N) is 1. The fourth-order valence-electron chi connectivity index (χ4n) is 1.46. The summed E-state index contributed by atoms with van der Waals surface area (Å²) in [6.45, 7) is 3.20. The second kappa shape index (κ2) is 5.84. The van der Waals surface area contributed by atoms with Crippen LogP contribution in [0.5, 0.6) is 0 Å². The zero-order chi connectivity index (χ0) is 12.8. The van der Waals surface area contributed by atoms with E-state index in [9.17, 15) is 9.59 Å². The van der Waals surface area contributed by atoms with Gasteiger partial charge in [0.25, 0.3) is 0 Å². The molecule has 4 nitrogen and oxygen atoms in total. The Kier molecular flexibility index (Phi) is 4.46. The Morgan fingerprint density at radius 2 is 1.88 bits per heavy atom. The molecule has 1 atom stereocenters. The van der Waals surface area contributed by atoms with Gasteiger partial charge in [-0.3, -0.25) is 4.79 Å². The van der Waals surface area contributed by atoms with Crippen LogP contribution in [-0.4, -0.2) is 23.0 Å². The van der Waals surface area contributed by atoms with Crippen LogP contribution in [0.15, 0.2) is 35.9 Å². The van der Waals surface area contributed by atoms with E-state index in [1.165, 1.54) is 6.92 Å². The highest BCUT2D eigenvalue weighted by atomic mass is 16.4. The molecule has 90 valence electrons. The van der Waals surface area contributed by atoms with E-state index in [-0.39, 0.29) is 5.78 Å². The third-order valence-corrected chi connectivity index (χ3v) is 2.30. The highest BCUT2D eigenvalue weighted by Gasteiger charge is 2.16. The van der Waals surface area contributed by atoms with Gasteiger partial charge in [-0.15, -0.1) is 0 Å². The molecule has 0 aromatic heterocycles. The highest BCUT2D eigenvalue weighted by molar-refractivity contribution is 6.03. The third-order valence-electron chi connectivity index (χ3n) is 2.30. The molecule has 1 amide bonds. The lowest BCUT2D eigenvalue weighted by Gasteiger charge is -2.10. The standard InChI is InChI=1S/C13H15NO3/c1-9(8-11-6-4-3-5-7-11)12(15)10(2)14-13(16)17/h3-8,10,14H,1-2H3,(H,16,17). The van der Waals surface area contributed by atoms with Gasteiger partial charge in [0.05, 0.1) is 6.04 Å². The number of carbonyl (C=O) groups is 2. The van der Waals surface area contributed by atoms with Crippen LogP contribution in [0.1, 0.15) is 19.4 Å². The lowest BCUT2D eigenvalue weighted by Crippen LogP contribution is -2.37. The van der Waals surface area contributed by atoms with Gasteiger partial charge in [-0.05, 0) is 31.1 Å². The number of benzene rings is 1. The highest BCUT2D eigenvalue weighted by Crippen LogP contribution is 2.08. The van der Waals surface area contributed by atoms with Crippen molar-refractivity contribution in [2.24, 2.45) is 0 Å². The van der Waals surface area contributed by atoms with Crippen molar-refractivity contribution in [3.63, 3.8) is 0 Å². The van der Waals surface area contributed by atoms with Gasteiger partial charge in [-0.25, -0.2) is 4.79 Å². The third kappa shape index (κ3) is 4.10. The van der Waals surface area contributed by atoms with Gasteiger partial charge in [0, 0.05) is 0 Å². The maximum Gasteiger partial charge on any atom is 0.405 e. The van der Waals surface area contributed by atoms with E-state index in [0.717, 1.165) is 5.56 Å². The topological polar surface area (TPSA) is 66.4 Å². The quantitative estimate of drug-likeness (QED) is 0.784. The monoisotopic (exact) mass is 233 g/mol. The van der Waals surface area contributed by atoms with Crippen molar-refractivity contribution >= 4 is 18.0 Å². The summed E-state index contributed by atoms with van der Waals surface area (Å²) in [4.78, 5) is 22.2. The Hall–Kier alpha value is -2.10. The summed E-state index contributed by atoms with van der Waals surface area (Å²) in [5.41, 5.74) is 1.44. The van der Waals surface area contributed by atoms with Gasteiger partial charge in [-0.1, -0.05) is 30.3 Å². The predicted octanol–water partition coefficient (Wildman–Crippen LogP) is 2.32. The molecule has 0 aliphatic rings. The summed E-state index contributed by atoms with van der Waals surface area (Å²) in [5.74, 6) is -0.226. The number of amides is 1. The van der Waals surface area contributed by atoms with Crippen LogP contribution in [-0.2, 0) is 4.79 Å². The van der Waals surface area contributed by atoms with Crippen molar-refractivity contribution < 1.29 is 14.7 Å². The fraction of sp³-hybridized carbons (Fsp3) is 0.231. The zero-order valence-corrected chi connectivity index (χ0v) is 9.81. The summed E-state index contributed by atoms with van der Waals surface area (Å²) < 4.78 is 0. The lowest BCUT2D eigenvalue weighted by atomic mass is 10.0. The van der Waals surface area contributed by atoms with E-state index >= 15 is 0 Å². The van der Waals surface area contributed by atoms with Gasteiger partial charge in [0.1, 0.15) is 0 Å². The maximum absolute atomic E-state index is 11.8. The molecule has 4 heteroatoms. The van der Waals surface area contributed by atoms with E-state index in [0.29, 0.717) is 5.57 Å². The first-order chi connectivity index (χ1) is 8.00. The first-order valence-corrected chi connectivity index (χ1v) is 5.27. The van der Waals surface area contributed by atoms with Gasteiger partial charge in [0.2, 0.25) is 0 Å². The molecule has 1 rings (SSSR count). The smallest absolute Gasteiger partial charge is 0.405 e. The fourth-order valence-corrected chi connectivity index (χ4v) is 1.46. The maximum atomic E-state index is 11.8. The minimum atomic E-state index is -1.20. The molecule has 2 N–H and O–H groups in total. The molecule has 0 aliphatic carbocycles. The summed E-state index contributed by atoms with van der Waals surface area (Å²) >= 11 is 0. The normalized spacial score (nSPS) is 12.9. The Bertz CT molecular complexity index is 437. The van der Waals surface area contributed by atoms with Crippen LogP contribution in [0.3, 0.4) is 0 Å². The number of carboxylic acid groups (broad SMARTS) is 1. The molecule has 0 spiro atoms. The summed E-state index contributed by atoms with van der Waals surface area (Å²) in [6, 6.07) is 8.68. The van der Waals surface area contributed by atoms with Crippen molar-refractivity contribution in [3.8, 4) is 0 Å². The SMILES string of the molecule is CC(=Cc1ccccc1)C(=O)C(C)NC(=O)O. The van der Waals surface area contributed by atoms with Gasteiger partial charge >= 0.3 is 6.09 Å². The van der Waals surface area contributed by atoms with Crippen LogP contribution in [0.4, 0.5) is 4.79 Å². The number of hydrogen-bond acceptors (Lipinski definition) is 2. The molecule has 0 bridgehead atoms. The number of rotatable bonds is 4. The minimum absolute atomic E-state index is 0.226. The van der Waals surface area contributed by atoms with Crippen LogP contribution < -0.4 is 5.32 Å². The second-order valence-corrected chi connectivity index (χ2v) is 3.77. The van der Waals surface area contributed by atoms with E-state index in [2.05, 4.69) is 5.32 Å². The molecule has 0 radical (unpaired) electrons. The molecule has 0 heterocycles. The predicted molar refractivity (Wildman–Crippen MR) is 65.7 cm³/mol. The first-order valence-electron chi connectivity index (χ1n) is 5.27. The summed E-state index contributed by atoms with van der Waals surface area (Å²) in [7, 11) is 0. The van der Waals surface area contributed by atoms with Crippen LogP contribution in [0.25, 0.3) is 6.08 Å². The van der Waals surface area contributed by atoms with Gasteiger partial charge in [0.15, 0.2) is 5.78 Å². The Labute approximate surface area is 100.0 Å². The van der Waals surface area contributed by atoms with E-state index < -0.39 is 12.1 Å². The average Bonchev–Trinajstić information content (AvgIpc) is 2.28. The van der Waals surface area contributed by atoms with Crippen molar-refractivity contribution in [2.75, 3.05) is 0 Å². The van der Waals surface area contributed by atoms with Crippen molar-refractivity contribution in [1.82, 2.24) is 5.32 Å². The molecule has 0 fully saturated rings. The largest absolute Gasteiger partial charge is 0.465 e. The number of carbonyl (C=O) groups excluding carboxylic acids is 1. The van der Waals surface area contributed by atoms with E-state index in [1.54, 1.807) is 13.0 Å². The van der Waals surface area contributed by atoms with Crippen molar-refractivity contribution in [1.29, 1.82) is 0 Å². The summed E-state index contributed by atoms with van der Waals surface area (Å²) in [5, 5.41) is 10.7. The molecule has 0 saturated carbocycles. The lowest BCUT2D eigenvalue weighted by molar-refractivity contribution is -0.116. The van der Waals surface area contributed by atoms with Crippen molar-refractivity contribution in [2.45, 2.75) is 19.9 Å². The Balaban J connectivity index is 2.76. The minimum Gasteiger partial charge on any atom is -0.465 e. The van der Waals surface area contributed by atoms with Gasteiger partial charge in [-0.2, -0.15) is 0 Å². The number of Topliss-reactive ketones (excluding diaryl/α,β-unsaturated/α-hetero) is 1.